The second-order valence-corrected chi connectivity index (χ2v) is 2.86. The van der Waals surface area contributed by atoms with Crippen molar-refractivity contribution in [3.63, 3.8) is 0 Å². The summed E-state index contributed by atoms with van der Waals surface area (Å²) >= 11 is 0. The summed E-state index contributed by atoms with van der Waals surface area (Å²) in [5, 5.41) is 5.36. The third-order valence-corrected chi connectivity index (χ3v) is 2.23. The monoisotopic (exact) mass is 141 g/mol. The SMILES string of the molecule is c1cc2c[nH]cc3ccc1c23. The Bertz CT molecular complexity index is 442. The molecule has 1 heteroatoms. The van der Waals surface area contributed by atoms with Crippen LogP contribution in [0.1, 0.15) is 0 Å². The van der Waals surface area contributed by atoms with Crippen molar-refractivity contribution in [1.82, 2.24) is 4.98 Å². The van der Waals surface area contributed by atoms with Crippen LogP contribution < -0.4 is 0 Å². The van der Waals surface area contributed by atoms with E-state index in [0.717, 1.165) is 0 Å². The van der Waals surface area contributed by atoms with Crippen molar-refractivity contribution in [2.45, 2.75) is 0 Å². The van der Waals surface area contributed by atoms with Crippen LogP contribution in [0.15, 0.2) is 36.7 Å². The first-order chi connectivity index (χ1) is 5.45. The van der Waals surface area contributed by atoms with E-state index < -0.39 is 0 Å². The lowest BCUT2D eigenvalue weighted by atomic mass is 10.2. The predicted molar refractivity (Wildman–Crippen MR) is 47.0 cm³/mol. The highest BCUT2D eigenvalue weighted by Gasteiger charge is 2.02. The molecule has 1 heterocycles. The third kappa shape index (κ3) is 0.511. The zero-order valence-corrected chi connectivity index (χ0v) is 5.96. The summed E-state index contributed by atoms with van der Waals surface area (Å²) in [5.41, 5.74) is 0. The number of nitrogens with one attached hydrogen (secondary N) is 1. The average Bonchev–Trinajstić information content (AvgIpc) is 2.60. The van der Waals surface area contributed by atoms with E-state index in [-0.39, 0.29) is 0 Å². The molecule has 1 aromatic heterocycles. The molecule has 11 heavy (non-hydrogen) atoms. The van der Waals surface area contributed by atoms with Gasteiger partial charge in [-0.1, -0.05) is 24.3 Å². The molecule has 0 fully saturated rings. The Morgan fingerprint density at radius 2 is 1.27 bits per heavy atom. The third-order valence-electron chi connectivity index (χ3n) is 2.23. The molecule has 52 valence electrons. The molecule has 0 spiro atoms. The standard InChI is InChI=1S/C10H7N/c1-3-8-5-11-6-9-4-2-7(1)10(8)9/h1-6,11H. The van der Waals surface area contributed by atoms with Gasteiger partial charge in [0, 0.05) is 12.4 Å². The fraction of sp³-hybridized carbons (Fsp3) is 0. The minimum absolute atomic E-state index is 1.31. The van der Waals surface area contributed by atoms with Gasteiger partial charge in [0.2, 0.25) is 0 Å². The van der Waals surface area contributed by atoms with Crippen LogP contribution in [0.2, 0.25) is 0 Å². The van der Waals surface area contributed by atoms with E-state index in [2.05, 4.69) is 29.2 Å². The van der Waals surface area contributed by atoms with E-state index in [1.165, 1.54) is 21.5 Å². The molecule has 0 unspecified atom stereocenters. The highest BCUT2D eigenvalue weighted by atomic mass is 14.6. The van der Waals surface area contributed by atoms with Crippen LogP contribution >= 0.6 is 0 Å². The van der Waals surface area contributed by atoms with E-state index in [0.29, 0.717) is 0 Å². The minimum atomic E-state index is 1.31. The molecule has 0 aliphatic carbocycles. The number of hydrogen-bond acceptors (Lipinski definition) is 0. The van der Waals surface area contributed by atoms with Crippen molar-refractivity contribution in [3.8, 4) is 0 Å². The molecule has 1 nitrogen and oxygen atoms in total. The van der Waals surface area contributed by atoms with Crippen LogP contribution in [0.5, 0.6) is 0 Å². The van der Waals surface area contributed by atoms with Crippen LogP contribution in [0.3, 0.4) is 0 Å². The number of rotatable bonds is 0. The van der Waals surface area contributed by atoms with Gasteiger partial charge in [-0.15, -0.1) is 0 Å². The lowest BCUT2D eigenvalue weighted by Gasteiger charge is -1.89. The Morgan fingerprint density at radius 3 is 1.91 bits per heavy atom. The summed E-state index contributed by atoms with van der Waals surface area (Å²) in [6.45, 7) is 0. The van der Waals surface area contributed by atoms with Gasteiger partial charge < -0.3 is 4.98 Å². The van der Waals surface area contributed by atoms with Crippen LogP contribution in [-0.4, -0.2) is 4.98 Å². The minimum Gasteiger partial charge on any atom is -0.366 e. The van der Waals surface area contributed by atoms with Crippen molar-refractivity contribution in [1.29, 1.82) is 0 Å². The number of hydrogen-bond donors (Lipinski definition) is 1. The van der Waals surface area contributed by atoms with Gasteiger partial charge in [-0.3, -0.25) is 0 Å². The Morgan fingerprint density at radius 1 is 0.727 bits per heavy atom. The lowest BCUT2D eigenvalue weighted by Crippen LogP contribution is -1.67. The van der Waals surface area contributed by atoms with Crippen LogP contribution in [0.25, 0.3) is 21.5 Å². The van der Waals surface area contributed by atoms with E-state index in [1.807, 2.05) is 12.4 Å². The number of pyridine rings is 1. The number of H-pyrrole nitrogens is 1. The zero-order valence-electron chi connectivity index (χ0n) is 5.96. The molecule has 3 rings (SSSR count). The number of aromatic nitrogens is 1. The van der Waals surface area contributed by atoms with Crippen molar-refractivity contribution >= 4 is 21.5 Å². The van der Waals surface area contributed by atoms with Gasteiger partial charge >= 0.3 is 0 Å². The maximum absolute atomic E-state index is 3.12. The summed E-state index contributed by atoms with van der Waals surface area (Å²) in [6, 6.07) is 8.61. The Kier molecular flexibility index (Phi) is 0.737. The van der Waals surface area contributed by atoms with E-state index in [4.69, 9.17) is 0 Å². The van der Waals surface area contributed by atoms with Crippen molar-refractivity contribution in [2.75, 3.05) is 0 Å². The molecule has 0 aliphatic rings. The fourth-order valence-corrected chi connectivity index (χ4v) is 1.71. The van der Waals surface area contributed by atoms with Gasteiger partial charge in [0.15, 0.2) is 0 Å². The van der Waals surface area contributed by atoms with Crippen LogP contribution in [0.4, 0.5) is 0 Å². The largest absolute Gasteiger partial charge is 0.366 e. The first-order valence-corrected chi connectivity index (χ1v) is 3.73. The summed E-state index contributed by atoms with van der Waals surface area (Å²) < 4.78 is 0. The number of aromatic amines is 1. The summed E-state index contributed by atoms with van der Waals surface area (Å²) in [6.07, 6.45) is 4.07. The maximum atomic E-state index is 3.12. The van der Waals surface area contributed by atoms with Crippen molar-refractivity contribution < 1.29 is 0 Å². The van der Waals surface area contributed by atoms with Gasteiger partial charge in [-0.25, -0.2) is 0 Å². The molecule has 3 aromatic rings. The lowest BCUT2D eigenvalue weighted by molar-refractivity contribution is 1.39. The summed E-state index contributed by atoms with van der Waals surface area (Å²) in [4.78, 5) is 3.12. The Labute approximate surface area is 64.0 Å². The Hall–Kier alpha value is -1.50. The van der Waals surface area contributed by atoms with Gasteiger partial charge in [0.1, 0.15) is 0 Å². The van der Waals surface area contributed by atoms with Crippen molar-refractivity contribution in [2.24, 2.45) is 0 Å². The molecule has 2 aromatic carbocycles. The van der Waals surface area contributed by atoms with Crippen LogP contribution in [-0.2, 0) is 0 Å². The average molecular weight is 141 g/mol. The Balaban J connectivity index is 2.83. The molecule has 0 aliphatic heterocycles. The van der Waals surface area contributed by atoms with E-state index in [9.17, 15) is 0 Å². The fourth-order valence-electron chi connectivity index (χ4n) is 1.71. The normalized spacial score (nSPS) is 11.6. The topological polar surface area (TPSA) is 15.8 Å². The molecular formula is C10H7N. The summed E-state index contributed by atoms with van der Waals surface area (Å²) in [5.74, 6) is 0. The molecule has 0 saturated heterocycles. The smallest absolute Gasteiger partial charge is 0.00842 e. The van der Waals surface area contributed by atoms with Gasteiger partial charge in [0.05, 0.1) is 0 Å². The van der Waals surface area contributed by atoms with Gasteiger partial charge in [-0.2, -0.15) is 0 Å². The van der Waals surface area contributed by atoms with Crippen molar-refractivity contribution in [3.05, 3.63) is 36.7 Å². The zero-order chi connectivity index (χ0) is 7.26. The van der Waals surface area contributed by atoms with E-state index in [1.54, 1.807) is 0 Å². The maximum Gasteiger partial charge on any atom is 0.00842 e. The molecule has 0 amide bonds. The van der Waals surface area contributed by atoms with Crippen LogP contribution in [0, 0.1) is 0 Å². The van der Waals surface area contributed by atoms with Gasteiger partial charge in [0.25, 0.3) is 0 Å². The molecule has 0 bridgehead atoms. The molecule has 1 N–H and O–H groups in total. The quantitative estimate of drug-likeness (QED) is 0.495. The highest BCUT2D eigenvalue weighted by Crippen LogP contribution is 2.28. The molecular weight excluding hydrogens is 134 g/mol. The van der Waals surface area contributed by atoms with Gasteiger partial charge in [-0.05, 0) is 21.5 Å². The first kappa shape index (κ1) is 5.19. The highest BCUT2D eigenvalue weighted by molar-refractivity contribution is 6.12. The second kappa shape index (κ2) is 1.56. The second-order valence-electron chi connectivity index (χ2n) is 2.86. The van der Waals surface area contributed by atoms with E-state index >= 15 is 0 Å². The molecule has 0 radical (unpaired) electrons. The summed E-state index contributed by atoms with van der Waals surface area (Å²) in [7, 11) is 0. The molecule has 0 atom stereocenters. The first-order valence-electron chi connectivity index (χ1n) is 3.73. The predicted octanol–water partition coefficient (Wildman–Crippen LogP) is 2.76. The molecule has 0 saturated carbocycles.